The standard InChI is InChI=1S/C8H6N4O3S2/c1-3-9-8(17-12-3)11-5(13)6-10-4(2-16-6)7(14)15/h2H,1H3,(H,14,15)(H,9,11,12,13). The van der Waals surface area contributed by atoms with E-state index in [1.807, 2.05) is 0 Å². The Balaban J connectivity index is 2.11. The van der Waals surface area contributed by atoms with Crippen molar-refractivity contribution in [2.75, 3.05) is 5.32 Å². The molecule has 0 radical (unpaired) electrons. The molecule has 0 spiro atoms. The molecule has 1 amide bonds. The number of hydrogen-bond donors (Lipinski definition) is 2. The van der Waals surface area contributed by atoms with Crippen molar-refractivity contribution < 1.29 is 14.7 Å². The van der Waals surface area contributed by atoms with E-state index in [9.17, 15) is 9.59 Å². The fourth-order valence-electron chi connectivity index (χ4n) is 0.975. The van der Waals surface area contributed by atoms with Crippen LogP contribution < -0.4 is 5.32 Å². The molecule has 0 aliphatic carbocycles. The molecule has 7 nitrogen and oxygen atoms in total. The van der Waals surface area contributed by atoms with E-state index in [2.05, 4.69) is 19.7 Å². The van der Waals surface area contributed by atoms with E-state index in [1.165, 1.54) is 5.38 Å². The first-order chi connectivity index (χ1) is 8.06. The van der Waals surface area contributed by atoms with Crippen LogP contribution in [0.4, 0.5) is 5.13 Å². The third kappa shape index (κ3) is 2.63. The van der Waals surface area contributed by atoms with Gasteiger partial charge in [0.1, 0.15) is 5.82 Å². The van der Waals surface area contributed by atoms with E-state index < -0.39 is 11.9 Å². The Kier molecular flexibility index (Phi) is 3.11. The molecule has 0 aromatic carbocycles. The summed E-state index contributed by atoms with van der Waals surface area (Å²) in [4.78, 5) is 29.9. The molecular formula is C8H6N4O3S2. The molecule has 9 heteroatoms. The Labute approximate surface area is 103 Å². The number of aromatic carboxylic acids is 1. The Morgan fingerprint density at radius 2 is 2.18 bits per heavy atom. The number of carbonyl (C=O) groups is 2. The minimum atomic E-state index is -1.16. The molecule has 88 valence electrons. The summed E-state index contributed by atoms with van der Waals surface area (Å²) in [5, 5.41) is 12.9. The first-order valence-electron chi connectivity index (χ1n) is 4.37. The van der Waals surface area contributed by atoms with Crippen LogP contribution in [0.3, 0.4) is 0 Å². The Hall–Kier alpha value is -1.87. The molecule has 0 saturated carbocycles. The molecule has 0 fully saturated rings. The van der Waals surface area contributed by atoms with Gasteiger partial charge in [0.25, 0.3) is 5.91 Å². The van der Waals surface area contributed by atoms with Crippen molar-refractivity contribution in [1.29, 1.82) is 0 Å². The van der Waals surface area contributed by atoms with Crippen molar-refractivity contribution in [2.45, 2.75) is 6.92 Å². The van der Waals surface area contributed by atoms with Crippen LogP contribution in [0.5, 0.6) is 0 Å². The zero-order valence-electron chi connectivity index (χ0n) is 8.50. The zero-order valence-corrected chi connectivity index (χ0v) is 10.1. The highest BCUT2D eigenvalue weighted by molar-refractivity contribution is 7.12. The summed E-state index contributed by atoms with van der Waals surface area (Å²) in [6, 6.07) is 0. The molecule has 2 rings (SSSR count). The lowest BCUT2D eigenvalue weighted by atomic mass is 10.5. The molecule has 2 aromatic rings. The molecule has 0 unspecified atom stereocenters. The average molecular weight is 270 g/mol. The van der Waals surface area contributed by atoms with E-state index in [-0.39, 0.29) is 10.7 Å². The van der Waals surface area contributed by atoms with Crippen molar-refractivity contribution in [3.63, 3.8) is 0 Å². The lowest BCUT2D eigenvalue weighted by Crippen LogP contribution is -2.12. The van der Waals surface area contributed by atoms with Crippen LogP contribution in [0.1, 0.15) is 26.1 Å². The number of amides is 1. The second kappa shape index (κ2) is 4.55. The summed E-state index contributed by atoms with van der Waals surface area (Å²) >= 11 is 2.02. The van der Waals surface area contributed by atoms with Crippen molar-refractivity contribution in [3.05, 3.63) is 21.9 Å². The van der Waals surface area contributed by atoms with Gasteiger partial charge in [-0.05, 0) is 6.92 Å². The highest BCUT2D eigenvalue weighted by Gasteiger charge is 2.15. The molecule has 0 saturated heterocycles. The van der Waals surface area contributed by atoms with Gasteiger partial charge in [-0.15, -0.1) is 11.3 Å². The van der Waals surface area contributed by atoms with E-state index in [0.29, 0.717) is 11.0 Å². The van der Waals surface area contributed by atoms with Gasteiger partial charge < -0.3 is 5.11 Å². The highest BCUT2D eigenvalue weighted by atomic mass is 32.1. The van der Waals surface area contributed by atoms with Crippen molar-refractivity contribution >= 4 is 39.9 Å². The van der Waals surface area contributed by atoms with Gasteiger partial charge in [-0.1, -0.05) is 0 Å². The third-order valence-corrected chi connectivity index (χ3v) is 3.23. The number of rotatable bonds is 3. The third-order valence-electron chi connectivity index (χ3n) is 1.67. The minimum Gasteiger partial charge on any atom is -0.476 e. The lowest BCUT2D eigenvalue weighted by molar-refractivity contribution is 0.0691. The van der Waals surface area contributed by atoms with Crippen molar-refractivity contribution in [3.8, 4) is 0 Å². The van der Waals surface area contributed by atoms with Gasteiger partial charge in [0.15, 0.2) is 10.7 Å². The first-order valence-corrected chi connectivity index (χ1v) is 6.02. The Bertz CT molecular complexity index is 577. The fourth-order valence-corrected chi connectivity index (χ4v) is 2.23. The number of nitrogens with one attached hydrogen (secondary N) is 1. The number of carboxylic acid groups (broad SMARTS) is 1. The number of thiazole rings is 1. The quantitative estimate of drug-likeness (QED) is 0.869. The first kappa shape index (κ1) is 11.6. The molecule has 2 aromatic heterocycles. The normalized spacial score (nSPS) is 10.2. The van der Waals surface area contributed by atoms with Gasteiger partial charge in [-0.3, -0.25) is 10.1 Å². The lowest BCUT2D eigenvalue weighted by Gasteiger charge is -1.95. The smallest absolute Gasteiger partial charge is 0.355 e. The average Bonchev–Trinajstić information content (AvgIpc) is 2.86. The molecule has 2 heterocycles. The molecule has 0 atom stereocenters. The summed E-state index contributed by atoms with van der Waals surface area (Å²) in [6.45, 7) is 1.71. The highest BCUT2D eigenvalue weighted by Crippen LogP contribution is 2.14. The molecule has 2 N–H and O–H groups in total. The maximum Gasteiger partial charge on any atom is 0.355 e. The van der Waals surface area contributed by atoms with E-state index >= 15 is 0 Å². The predicted molar refractivity (Wildman–Crippen MR) is 61.7 cm³/mol. The monoisotopic (exact) mass is 270 g/mol. The van der Waals surface area contributed by atoms with Crippen LogP contribution >= 0.6 is 22.9 Å². The van der Waals surface area contributed by atoms with Gasteiger partial charge in [0, 0.05) is 16.9 Å². The fraction of sp³-hybridized carbons (Fsp3) is 0.125. The zero-order chi connectivity index (χ0) is 12.4. The number of hydrogen-bond acceptors (Lipinski definition) is 7. The van der Waals surface area contributed by atoms with Crippen LogP contribution in [-0.2, 0) is 0 Å². The summed E-state index contributed by atoms with van der Waals surface area (Å²) in [5.74, 6) is -1.08. The molecule has 17 heavy (non-hydrogen) atoms. The van der Waals surface area contributed by atoms with Crippen molar-refractivity contribution in [2.24, 2.45) is 0 Å². The number of aryl methyl sites for hydroxylation is 1. The summed E-state index contributed by atoms with van der Waals surface area (Å²) in [6.07, 6.45) is 0. The second-order valence-electron chi connectivity index (χ2n) is 2.94. The summed E-state index contributed by atoms with van der Waals surface area (Å²) in [5.41, 5.74) is -0.145. The maximum absolute atomic E-state index is 11.6. The van der Waals surface area contributed by atoms with E-state index in [1.54, 1.807) is 6.92 Å². The minimum absolute atomic E-state index is 0.0789. The molecule has 0 bridgehead atoms. The Morgan fingerprint density at radius 3 is 2.71 bits per heavy atom. The topological polar surface area (TPSA) is 105 Å². The van der Waals surface area contributed by atoms with Crippen LogP contribution in [0, 0.1) is 6.92 Å². The largest absolute Gasteiger partial charge is 0.476 e. The van der Waals surface area contributed by atoms with Crippen LogP contribution in [0.2, 0.25) is 0 Å². The van der Waals surface area contributed by atoms with Gasteiger partial charge in [-0.2, -0.15) is 4.37 Å². The molecule has 0 aliphatic rings. The van der Waals surface area contributed by atoms with Gasteiger partial charge in [0.05, 0.1) is 0 Å². The van der Waals surface area contributed by atoms with Gasteiger partial charge >= 0.3 is 5.97 Å². The second-order valence-corrected chi connectivity index (χ2v) is 4.55. The van der Waals surface area contributed by atoms with Crippen LogP contribution in [-0.4, -0.2) is 31.3 Å². The SMILES string of the molecule is Cc1nsc(NC(=O)c2nc(C(=O)O)cs2)n1. The Morgan fingerprint density at radius 1 is 1.41 bits per heavy atom. The maximum atomic E-state index is 11.6. The summed E-state index contributed by atoms with van der Waals surface area (Å²) < 4.78 is 3.90. The van der Waals surface area contributed by atoms with Gasteiger partial charge in [-0.25, -0.2) is 14.8 Å². The number of nitrogens with zero attached hydrogens (tertiary/aromatic N) is 3. The van der Waals surface area contributed by atoms with Crippen molar-refractivity contribution in [1.82, 2.24) is 14.3 Å². The van der Waals surface area contributed by atoms with E-state index in [4.69, 9.17) is 5.11 Å². The van der Waals surface area contributed by atoms with Gasteiger partial charge in [0.2, 0.25) is 5.13 Å². The molecule has 0 aliphatic heterocycles. The number of carbonyl (C=O) groups excluding carboxylic acids is 1. The van der Waals surface area contributed by atoms with Crippen LogP contribution in [0.15, 0.2) is 5.38 Å². The molecular weight excluding hydrogens is 264 g/mol. The number of aromatic nitrogens is 3. The number of carboxylic acids is 1. The summed E-state index contributed by atoms with van der Waals surface area (Å²) in [7, 11) is 0. The van der Waals surface area contributed by atoms with E-state index in [0.717, 1.165) is 22.9 Å². The predicted octanol–water partition coefficient (Wildman–Crippen LogP) is 1.25. The number of anilines is 1. The van der Waals surface area contributed by atoms with Crippen LogP contribution in [0.25, 0.3) is 0 Å².